The molecule has 0 aromatic rings. The molecule has 1 saturated carbocycles. The van der Waals surface area contributed by atoms with Gasteiger partial charge in [0.25, 0.3) is 0 Å². The molecular weight excluding hydrogens is 166 g/mol. The maximum absolute atomic E-state index is 11.2. The van der Waals surface area contributed by atoms with Crippen LogP contribution in [0.4, 0.5) is 0 Å². The number of nitrogens with two attached hydrogens (primary N) is 1. The predicted molar refractivity (Wildman–Crippen MR) is 51.2 cm³/mol. The van der Waals surface area contributed by atoms with E-state index in [1.807, 2.05) is 6.92 Å². The summed E-state index contributed by atoms with van der Waals surface area (Å²) in [6, 6.07) is -0.429. The molecule has 1 fully saturated rings. The van der Waals surface area contributed by atoms with E-state index >= 15 is 0 Å². The zero-order chi connectivity index (χ0) is 9.68. The van der Waals surface area contributed by atoms with Gasteiger partial charge in [-0.05, 0) is 25.2 Å². The molecule has 0 bridgehead atoms. The first kappa shape index (κ1) is 10.5. The quantitative estimate of drug-likeness (QED) is 0.674. The van der Waals surface area contributed by atoms with Gasteiger partial charge in [-0.25, -0.2) is 0 Å². The molecule has 3 nitrogen and oxygen atoms in total. The van der Waals surface area contributed by atoms with Crippen molar-refractivity contribution in [1.82, 2.24) is 0 Å². The standard InChI is InChI=1S/C10H19NO2/c1-2-9(11)10(12)13-7-8-5-3-4-6-8/h8-9H,2-7,11H2,1H3. The Labute approximate surface area is 79.6 Å². The van der Waals surface area contributed by atoms with Gasteiger partial charge in [-0.3, -0.25) is 4.79 Å². The molecule has 0 saturated heterocycles. The van der Waals surface area contributed by atoms with E-state index in [1.165, 1.54) is 25.7 Å². The van der Waals surface area contributed by atoms with E-state index in [0.717, 1.165) is 0 Å². The number of ether oxygens (including phenoxy) is 1. The second-order valence-electron chi connectivity index (χ2n) is 3.80. The van der Waals surface area contributed by atoms with Crippen molar-refractivity contribution in [3.8, 4) is 0 Å². The Morgan fingerprint density at radius 2 is 2.15 bits per heavy atom. The molecular formula is C10H19NO2. The maximum Gasteiger partial charge on any atom is 0.322 e. The fraction of sp³-hybridized carbons (Fsp3) is 0.900. The zero-order valence-corrected chi connectivity index (χ0v) is 8.29. The van der Waals surface area contributed by atoms with Crippen molar-refractivity contribution in [2.45, 2.75) is 45.1 Å². The summed E-state index contributed by atoms with van der Waals surface area (Å²) in [6.45, 7) is 2.47. The van der Waals surface area contributed by atoms with Crippen LogP contribution in [0.1, 0.15) is 39.0 Å². The summed E-state index contributed by atoms with van der Waals surface area (Å²) in [5, 5.41) is 0. The van der Waals surface area contributed by atoms with Crippen molar-refractivity contribution in [1.29, 1.82) is 0 Å². The van der Waals surface area contributed by atoms with E-state index < -0.39 is 6.04 Å². The van der Waals surface area contributed by atoms with E-state index in [2.05, 4.69) is 0 Å². The van der Waals surface area contributed by atoms with E-state index in [4.69, 9.17) is 10.5 Å². The average molecular weight is 185 g/mol. The SMILES string of the molecule is CCC(N)C(=O)OCC1CCCC1. The fourth-order valence-corrected chi connectivity index (χ4v) is 1.65. The third-order valence-corrected chi connectivity index (χ3v) is 2.68. The van der Waals surface area contributed by atoms with Gasteiger partial charge >= 0.3 is 5.97 Å². The molecule has 0 amide bonds. The Balaban J connectivity index is 2.13. The van der Waals surface area contributed by atoms with Crippen molar-refractivity contribution >= 4 is 5.97 Å². The predicted octanol–water partition coefficient (Wildman–Crippen LogP) is 1.46. The summed E-state index contributed by atoms with van der Waals surface area (Å²) >= 11 is 0. The summed E-state index contributed by atoms with van der Waals surface area (Å²) < 4.78 is 5.11. The first-order valence-electron chi connectivity index (χ1n) is 5.16. The van der Waals surface area contributed by atoms with E-state index in [1.54, 1.807) is 0 Å². The highest BCUT2D eigenvalue weighted by atomic mass is 16.5. The van der Waals surface area contributed by atoms with E-state index in [-0.39, 0.29) is 5.97 Å². The molecule has 0 aromatic carbocycles. The molecule has 1 unspecified atom stereocenters. The first-order valence-corrected chi connectivity index (χ1v) is 5.16. The Hall–Kier alpha value is -0.570. The van der Waals surface area contributed by atoms with Gasteiger partial charge in [0.15, 0.2) is 0 Å². The summed E-state index contributed by atoms with van der Waals surface area (Å²) in [6.07, 6.45) is 5.62. The molecule has 1 atom stereocenters. The van der Waals surface area contributed by atoms with Crippen molar-refractivity contribution in [2.24, 2.45) is 11.7 Å². The van der Waals surface area contributed by atoms with E-state index in [0.29, 0.717) is 18.9 Å². The lowest BCUT2D eigenvalue weighted by Crippen LogP contribution is -2.32. The second kappa shape index (κ2) is 5.22. The topological polar surface area (TPSA) is 52.3 Å². The Morgan fingerprint density at radius 1 is 1.54 bits per heavy atom. The van der Waals surface area contributed by atoms with Crippen LogP contribution in [0.5, 0.6) is 0 Å². The maximum atomic E-state index is 11.2. The molecule has 0 spiro atoms. The van der Waals surface area contributed by atoms with Crippen LogP contribution in [-0.4, -0.2) is 18.6 Å². The van der Waals surface area contributed by atoms with Gasteiger partial charge in [0.2, 0.25) is 0 Å². The smallest absolute Gasteiger partial charge is 0.322 e. The zero-order valence-electron chi connectivity index (χ0n) is 8.29. The second-order valence-corrected chi connectivity index (χ2v) is 3.80. The van der Waals surface area contributed by atoms with Crippen molar-refractivity contribution in [3.63, 3.8) is 0 Å². The summed E-state index contributed by atoms with van der Waals surface area (Å²) in [5.74, 6) is 0.349. The number of esters is 1. The third-order valence-electron chi connectivity index (χ3n) is 2.68. The molecule has 0 aliphatic heterocycles. The minimum atomic E-state index is -0.429. The number of rotatable bonds is 4. The van der Waals surface area contributed by atoms with Crippen LogP contribution < -0.4 is 5.73 Å². The lowest BCUT2D eigenvalue weighted by Gasteiger charge is -2.12. The lowest BCUT2D eigenvalue weighted by molar-refractivity contribution is -0.146. The van der Waals surface area contributed by atoms with Crippen LogP contribution >= 0.6 is 0 Å². The van der Waals surface area contributed by atoms with Crippen LogP contribution in [-0.2, 0) is 9.53 Å². The van der Waals surface area contributed by atoms with Crippen LogP contribution in [0.2, 0.25) is 0 Å². The highest BCUT2D eigenvalue weighted by Gasteiger charge is 2.18. The third kappa shape index (κ3) is 3.35. The fourth-order valence-electron chi connectivity index (χ4n) is 1.65. The number of hydrogen-bond acceptors (Lipinski definition) is 3. The lowest BCUT2D eigenvalue weighted by atomic mass is 10.1. The largest absolute Gasteiger partial charge is 0.464 e. The number of hydrogen-bond donors (Lipinski definition) is 1. The molecule has 0 radical (unpaired) electrons. The van der Waals surface area contributed by atoms with Gasteiger partial charge in [0.05, 0.1) is 6.61 Å². The molecule has 0 aromatic heterocycles. The highest BCUT2D eigenvalue weighted by molar-refractivity contribution is 5.75. The monoisotopic (exact) mass is 185 g/mol. The molecule has 1 aliphatic carbocycles. The van der Waals surface area contributed by atoms with Crippen molar-refractivity contribution < 1.29 is 9.53 Å². The molecule has 2 N–H and O–H groups in total. The molecule has 0 heterocycles. The molecule has 1 aliphatic rings. The van der Waals surface area contributed by atoms with Gasteiger partial charge < -0.3 is 10.5 Å². The normalized spacial score (nSPS) is 20.2. The number of carbonyl (C=O) groups is 1. The van der Waals surface area contributed by atoms with E-state index in [9.17, 15) is 4.79 Å². The van der Waals surface area contributed by atoms with Gasteiger partial charge in [0.1, 0.15) is 6.04 Å². The minimum Gasteiger partial charge on any atom is -0.464 e. The van der Waals surface area contributed by atoms with Gasteiger partial charge in [0, 0.05) is 0 Å². The van der Waals surface area contributed by atoms with Gasteiger partial charge in [-0.15, -0.1) is 0 Å². The van der Waals surface area contributed by atoms with Crippen LogP contribution in [0.25, 0.3) is 0 Å². The Kier molecular flexibility index (Phi) is 4.22. The molecule has 76 valence electrons. The summed E-state index contributed by atoms with van der Waals surface area (Å²) in [7, 11) is 0. The van der Waals surface area contributed by atoms with Crippen LogP contribution in [0, 0.1) is 5.92 Å². The van der Waals surface area contributed by atoms with Gasteiger partial charge in [-0.1, -0.05) is 19.8 Å². The van der Waals surface area contributed by atoms with Crippen LogP contribution in [0.3, 0.4) is 0 Å². The van der Waals surface area contributed by atoms with Crippen LogP contribution in [0.15, 0.2) is 0 Å². The van der Waals surface area contributed by atoms with Gasteiger partial charge in [-0.2, -0.15) is 0 Å². The minimum absolute atomic E-state index is 0.241. The summed E-state index contributed by atoms with van der Waals surface area (Å²) in [5.41, 5.74) is 5.53. The Morgan fingerprint density at radius 3 is 2.69 bits per heavy atom. The highest BCUT2D eigenvalue weighted by Crippen LogP contribution is 2.24. The van der Waals surface area contributed by atoms with Crippen molar-refractivity contribution in [3.05, 3.63) is 0 Å². The average Bonchev–Trinajstić information content (AvgIpc) is 2.65. The Bertz CT molecular complexity index is 164. The van der Waals surface area contributed by atoms with Crippen molar-refractivity contribution in [2.75, 3.05) is 6.61 Å². The summed E-state index contributed by atoms with van der Waals surface area (Å²) in [4.78, 5) is 11.2. The molecule has 1 rings (SSSR count). The molecule has 3 heteroatoms. The number of carbonyl (C=O) groups excluding carboxylic acids is 1. The molecule has 13 heavy (non-hydrogen) atoms. The first-order chi connectivity index (χ1) is 6.24.